The van der Waals surface area contributed by atoms with Crippen molar-refractivity contribution >= 4 is 40.4 Å². The average molecular weight is 583 g/mol. The summed E-state index contributed by atoms with van der Waals surface area (Å²) in [5.74, 6) is 1.32. The van der Waals surface area contributed by atoms with Crippen LogP contribution in [0.4, 0.5) is 11.5 Å². The minimum absolute atomic E-state index is 0.0304. The first-order valence-corrected chi connectivity index (χ1v) is 14.4. The minimum Gasteiger partial charge on any atom is -0.496 e. The maximum Gasteiger partial charge on any atom is 0.270 e. The minimum atomic E-state index is -0.0467. The first kappa shape index (κ1) is 29.7. The third-order valence-corrected chi connectivity index (χ3v) is 8.15. The van der Waals surface area contributed by atoms with Gasteiger partial charge >= 0.3 is 0 Å². The molecular weight excluding hydrogens is 544 g/mol. The monoisotopic (exact) mass is 582 g/mol. The highest BCUT2D eigenvalue weighted by atomic mass is 16.5. The zero-order chi connectivity index (χ0) is 31.0. The molecule has 11 nitrogen and oxygen atoms in total. The van der Waals surface area contributed by atoms with Crippen molar-refractivity contribution in [3.63, 3.8) is 0 Å². The second-order valence-corrected chi connectivity index (χ2v) is 11.2. The molecule has 1 aliphatic heterocycles. The van der Waals surface area contributed by atoms with Gasteiger partial charge in [-0.15, -0.1) is 0 Å². The number of pyridine rings is 3. The molecule has 1 aliphatic rings. The number of methoxy groups -OCH3 is 1. The molecule has 4 aromatic rings. The van der Waals surface area contributed by atoms with Crippen LogP contribution >= 0.6 is 0 Å². The van der Waals surface area contributed by atoms with Gasteiger partial charge in [0.05, 0.1) is 35.3 Å². The number of carbonyl (C=O) groups excluding carboxylic acids is 2. The molecule has 1 saturated heterocycles. The van der Waals surface area contributed by atoms with Crippen molar-refractivity contribution in [3.8, 4) is 17.0 Å². The highest BCUT2D eigenvalue weighted by Gasteiger charge is 2.29. The lowest BCUT2D eigenvalue weighted by atomic mass is 10.0. The number of piperazine rings is 1. The highest BCUT2D eigenvalue weighted by molar-refractivity contribution is 6.03. The van der Waals surface area contributed by atoms with Crippen molar-refractivity contribution in [1.82, 2.24) is 29.3 Å². The van der Waals surface area contributed by atoms with E-state index in [1.165, 1.54) is 6.21 Å². The van der Waals surface area contributed by atoms with Gasteiger partial charge in [-0.25, -0.2) is 4.98 Å². The maximum atomic E-state index is 13.8. The number of rotatable bonds is 7. The Kier molecular flexibility index (Phi) is 8.16. The first-order valence-electron chi connectivity index (χ1n) is 14.4. The number of fused-ring (bicyclic) bond motifs is 1. The Morgan fingerprint density at radius 1 is 1.09 bits per heavy atom. The van der Waals surface area contributed by atoms with Gasteiger partial charge in [-0.05, 0) is 37.5 Å². The molecule has 0 saturated carbocycles. The van der Waals surface area contributed by atoms with Crippen molar-refractivity contribution in [2.24, 2.45) is 7.05 Å². The van der Waals surface area contributed by atoms with E-state index in [0.29, 0.717) is 66.1 Å². The van der Waals surface area contributed by atoms with E-state index in [9.17, 15) is 9.59 Å². The fourth-order valence-corrected chi connectivity index (χ4v) is 5.85. The molecule has 0 spiro atoms. The molecule has 0 radical (unpaired) electrons. The molecule has 2 N–H and O–H groups in total. The van der Waals surface area contributed by atoms with Crippen LogP contribution in [0.15, 0.2) is 30.6 Å². The summed E-state index contributed by atoms with van der Waals surface area (Å²) in [6.45, 7) is 11.7. The number of aromatic nitrogens is 4. The number of aryl methyl sites for hydroxylation is 3. The Morgan fingerprint density at radius 2 is 1.79 bits per heavy atom. The van der Waals surface area contributed by atoms with Crippen LogP contribution in [-0.4, -0.2) is 80.6 Å². The van der Waals surface area contributed by atoms with Crippen LogP contribution in [0.3, 0.4) is 0 Å². The van der Waals surface area contributed by atoms with Crippen LogP contribution in [0, 0.1) is 19.3 Å². The van der Waals surface area contributed by atoms with E-state index >= 15 is 0 Å². The van der Waals surface area contributed by atoms with Gasteiger partial charge in [0.15, 0.2) is 0 Å². The average Bonchev–Trinajstić information content (AvgIpc) is 3.25. The molecule has 1 fully saturated rings. The molecule has 0 bridgehead atoms. The van der Waals surface area contributed by atoms with E-state index in [-0.39, 0.29) is 17.7 Å². The normalized spacial score (nSPS) is 13.5. The second kappa shape index (κ2) is 11.8. The second-order valence-electron chi connectivity index (χ2n) is 11.2. The van der Waals surface area contributed by atoms with E-state index < -0.39 is 0 Å². The molecule has 43 heavy (non-hydrogen) atoms. The van der Waals surface area contributed by atoms with Crippen LogP contribution in [0.1, 0.15) is 59.7 Å². The maximum absolute atomic E-state index is 13.8. The summed E-state index contributed by atoms with van der Waals surface area (Å²) in [7, 11) is 3.52. The number of carbonyl (C=O) groups is 2. The number of anilines is 2. The lowest BCUT2D eigenvalue weighted by Crippen LogP contribution is -2.50. The lowest BCUT2D eigenvalue weighted by Gasteiger charge is -2.34. The summed E-state index contributed by atoms with van der Waals surface area (Å²) in [6, 6.07) is 5.61. The van der Waals surface area contributed by atoms with Gasteiger partial charge < -0.3 is 29.8 Å². The van der Waals surface area contributed by atoms with Crippen LogP contribution in [0.2, 0.25) is 0 Å². The third-order valence-electron chi connectivity index (χ3n) is 8.15. The molecule has 0 aromatic carbocycles. The number of nitrogens with one attached hydrogen (secondary N) is 2. The number of amides is 2. The summed E-state index contributed by atoms with van der Waals surface area (Å²) < 4.78 is 7.49. The standard InChI is InChI=1S/C32H38N8O3/c1-18(2)30-29-19(3)31(32(42)40-12-10-39(11-13-40)21(5)41)38(6)26(29)15-28(37-30)36-24-14-25(35-20(4)22(24)16-33)23-17-34-9-8-27(23)43-7/h8-9,14-18,33H,10-13H2,1-7H3,(H,35,36,37). The number of nitrogens with zero attached hydrogens (tertiary/aromatic N) is 6. The van der Waals surface area contributed by atoms with Gasteiger partial charge in [-0.3, -0.25) is 19.6 Å². The Hall–Kier alpha value is -4.80. The van der Waals surface area contributed by atoms with Crippen molar-refractivity contribution < 1.29 is 14.3 Å². The fourth-order valence-electron chi connectivity index (χ4n) is 5.85. The molecule has 5 heterocycles. The lowest BCUT2D eigenvalue weighted by molar-refractivity contribution is -0.130. The molecule has 0 atom stereocenters. The topological polar surface area (TPSA) is 129 Å². The summed E-state index contributed by atoms with van der Waals surface area (Å²) in [5, 5.41) is 12.5. The van der Waals surface area contributed by atoms with Crippen LogP contribution < -0.4 is 10.1 Å². The van der Waals surface area contributed by atoms with Crippen LogP contribution in [-0.2, 0) is 11.8 Å². The first-order chi connectivity index (χ1) is 20.5. The van der Waals surface area contributed by atoms with E-state index in [1.807, 2.05) is 42.5 Å². The molecule has 4 aromatic heterocycles. The van der Waals surface area contributed by atoms with Gasteiger partial charge in [-0.2, -0.15) is 0 Å². The van der Waals surface area contributed by atoms with Crippen LogP contribution in [0.25, 0.3) is 22.2 Å². The Morgan fingerprint density at radius 3 is 2.42 bits per heavy atom. The van der Waals surface area contributed by atoms with Crippen molar-refractivity contribution in [3.05, 3.63) is 58.8 Å². The highest BCUT2D eigenvalue weighted by Crippen LogP contribution is 2.36. The van der Waals surface area contributed by atoms with Crippen molar-refractivity contribution in [2.75, 3.05) is 38.6 Å². The van der Waals surface area contributed by atoms with E-state index in [2.05, 4.69) is 24.1 Å². The zero-order valence-electron chi connectivity index (χ0n) is 25.8. The quantitative estimate of drug-likeness (QED) is 0.299. The Bertz CT molecular complexity index is 1730. The molecule has 5 rings (SSSR count). The number of hydrogen-bond donors (Lipinski definition) is 2. The molecule has 224 valence electrons. The molecular formula is C32H38N8O3. The van der Waals surface area contributed by atoms with E-state index in [0.717, 1.165) is 27.7 Å². The summed E-state index contributed by atoms with van der Waals surface area (Å²) in [4.78, 5) is 43.2. The van der Waals surface area contributed by atoms with Crippen molar-refractivity contribution in [2.45, 2.75) is 40.5 Å². The SMILES string of the molecule is COc1ccncc1-c1cc(Nc2cc3c(c(C(C)C)n2)c(C)c(C(=O)N2CCN(C(C)=O)CC2)n3C)c(C=N)c(C)n1. The number of hydrogen-bond acceptors (Lipinski definition) is 8. The van der Waals surface area contributed by atoms with Gasteiger partial charge in [0.1, 0.15) is 17.3 Å². The largest absolute Gasteiger partial charge is 0.496 e. The Labute approximate surface area is 251 Å². The van der Waals surface area contributed by atoms with Gasteiger partial charge in [0.2, 0.25) is 5.91 Å². The number of ether oxygens (including phenoxy) is 1. The van der Waals surface area contributed by atoms with Crippen molar-refractivity contribution in [1.29, 1.82) is 5.41 Å². The summed E-state index contributed by atoms with van der Waals surface area (Å²) in [5.41, 5.74) is 6.68. The Balaban J connectivity index is 1.58. The van der Waals surface area contributed by atoms with Crippen LogP contribution in [0.5, 0.6) is 5.75 Å². The molecule has 0 aliphatic carbocycles. The van der Waals surface area contributed by atoms with E-state index in [1.54, 1.807) is 37.4 Å². The predicted octanol–water partition coefficient (Wildman–Crippen LogP) is 4.82. The smallest absolute Gasteiger partial charge is 0.270 e. The fraction of sp³-hybridized carbons (Fsp3) is 0.375. The third kappa shape index (κ3) is 5.42. The zero-order valence-corrected chi connectivity index (χ0v) is 25.8. The predicted molar refractivity (Wildman–Crippen MR) is 168 cm³/mol. The molecule has 11 heteroatoms. The molecule has 0 unspecified atom stereocenters. The molecule has 2 amide bonds. The summed E-state index contributed by atoms with van der Waals surface area (Å²) in [6.07, 6.45) is 4.66. The van der Waals surface area contributed by atoms with Gasteiger partial charge in [0, 0.05) is 81.5 Å². The van der Waals surface area contributed by atoms with Gasteiger partial charge in [-0.1, -0.05) is 13.8 Å². The summed E-state index contributed by atoms with van der Waals surface area (Å²) >= 11 is 0. The van der Waals surface area contributed by atoms with E-state index in [4.69, 9.17) is 20.1 Å². The van der Waals surface area contributed by atoms with Gasteiger partial charge in [0.25, 0.3) is 5.91 Å².